The molecule has 0 heterocycles. The second-order valence-corrected chi connectivity index (χ2v) is 5.56. The third-order valence-corrected chi connectivity index (χ3v) is 3.95. The van der Waals surface area contributed by atoms with E-state index in [9.17, 15) is 0 Å². The predicted octanol–water partition coefficient (Wildman–Crippen LogP) is 4.89. The molecule has 1 heteroatoms. The van der Waals surface area contributed by atoms with Gasteiger partial charge < -0.3 is 0 Å². The minimum atomic E-state index is -0.0489. The highest BCUT2D eigenvalue weighted by Gasteiger charge is 2.20. The fourth-order valence-electron chi connectivity index (χ4n) is 2.47. The Morgan fingerprint density at radius 2 is 1.90 bits per heavy atom. The van der Waals surface area contributed by atoms with E-state index >= 15 is 0 Å². The third kappa shape index (κ3) is 5.78. The first-order chi connectivity index (χ1) is 9.96. The summed E-state index contributed by atoms with van der Waals surface area (Å²) < 4.78 is 0. The van der Waals surface area contributed by atoms with Crippen LogP contribution in [0.25, 0.3) is 0 Å². The van der Waals surface area contributed by atoms with E-state index in [0.717, 1.165) is 18.5 Å². The maximum Gasteiger partial charge on any atom is 0.0900 e. The molecule has 0 aromatic rings. The summed E-state index contributed by atoms with van der Waals surface area (Å²) in [6.07, 6.45) is 12.7. The van der Waals surface area contributed by atoms with Crippen LogP contribution in [0.2, 0.25) is 0 Å². The van der Waals surface area contributed by atoms with Crippen LogP contribution in [0.15, 0.2) is 48.1 Å². The van der Waals surface area contributed by atoms with Gasteiger partial charge in [-0.1, -0.05) is 58.1 Å². The van der Waals surface area contributed by atoms with E-state index in [1.54, 1.807) is 0 Å². The van der Waals surface area contributed by atoms with Gasteiger partial charge in [-0.3, -0.25) is 5.32 Å². The molecule has 0 rings (SSSR count). The first-order valence-corrected chi connectivity index (χ1v) is 7.79. The summed E-state index contributed by atoms with van der Waals surface area (Å²) in [4.78, 5) is 0. The molecular weight excluding hydrogens is 254 g/mol. The molecule has 0 aliphatic rings. The van der Waals surface area contributed by atoms with Crippen molar-refractivity contribution in [3.63, 3.8) is 0 Å². The topological polar surface area (TPSA) is 12.0 Å². The van der Waals surface area contributed by atoms with E-state index in [-0.39, 0.29) is 6.04 Å². The summed E-state index contributed by atoms with van der Waals surface area (Å²) in [5.41, 5.74) is 3.59. The lowest BCUT2D eigenvalue weighted by atomic mass is 9.83. The van der Waals surface area contributed by atoms with Gasteiger partial charge in [0.2, 0.25) is 0 Å². The molecule has 0 radical (unpaired) electrons. The standard InChI is InChI=1S/C20H31N/c1-9-16(8)20(13-5)21-14-19(15(6)7)18(12-4)17(10-2)11-3/h5,10-12,15,19-21H,2,8-9,14H2,1,3-4,6-7H3/b17-11+,18-12-. The highest BCUT2D eigenvalue weighted by molar-refractivity contribution is 5.40. The monoisotopic (exact) mass is 285 g/mol. The molecule has 0 saturated heterocycles. The molecule has 2 atom stereocenters. The summed E-state index contributed by atoms with van der Waals surface area (Å²) in [6, 6.07) is -0.0489. The van der Waals surface area contributed by atoms with Crippen molar-refractivity contribution in [2.75, 3.05) is 6.54 Å². The van der Waals surface area contributed by atoms with Gasteiger partial charge in [0.25, 0.3) is 0 Å². The minimum absolute atomic E-state index is 0.0489. The van der Waals surface area contributed by atoms with Crippen LogP contribution < -0.4 is 5.32 Å². The fourth-order valence-corrected chi connectivity index (χ4v) is 2.47. The Balaban J connectivity index is 5.14. The first kappa shape index (κ1) is 19.5. The SMILES string of the molecule is C#CC(NCC(C(=C\C)/C(C=C)=C/C)C(C)C)C(=C)CC. The van der Waals surface area contributed by atoms with E-state index in [4.69, 9.17) is 6.42 Å². The molecule has 0 saturated carbocycles. The van der Waals surface area contributed by atoms with Crippen LogP contribution in [0.1, 0.15) is 41.0 Å². The number of hydrogen-bond acceptors (Lipinski definition) is 1. The minimum Gasteiger partial charge on any atom is -0.300 e. The maximum absolute atomic E-state index is 5.62. The zero-order valence-corrected chi connectivity index (χ0v) is 14.4. The van der Waals surface area contributed by atoms with Crippen molar-refractivity contribution in [2.24, 2.45) is 11.8 Å². The van der Waals surface area contributed by atoms with Crippen LogP contribution in [-0.4, -0.2) is 12.6 Å². The molecule has 0 fully saturated rings. The summed E-state index contributed by atoms with van der Waals surface area (Å²) in [7, 11) is 0. The van der Waals surface area contributed by atoms with E-state index < -0.39 is 0 Å². The van der Waals surface area contributed by atoms with Gasteiger partial charge in [-0.25, -0.2) is 0 Å². The van der Waals surface area contributed by atoms with Crippen molar-refractivity contribution >= 4 is 0 Å². The molecule has 116 valence electrons. The molecule has 2 unspecified atom stereocenters. The Morgan fingerprint density at radius 3 is 2.24 bits per heavy atom. The molecule has 21 heavy (non-hydrogen) atoms. The second-order valence-electron chi connectivity index (χ2n) is 5.56. The summed E-state index contributed by atoms with van der Waals surface area (Å²) >= 11 is 0. The Hall–Kier alpha value is -1.52. The zero-order chi connectivity index (χ0) is 16.4. The summed E-state index contributed by atoms with van der Waals surface area (Å²) in [6.45, 7) is 19.5. The Labute approximate surface area is 131 Å². The average Bonchev–Trinajstić information content (AvgIpc) is 2.49. The van der Waals surface area contributed by atoms with Gasteiger partial charge in [-0.05, 0) is 48.8 Å². The van der Waals surface area contributed by atoms with Crippen LogP contribution in [0, 0.1) is 24.2 Å². The molecular formula is C20H31N. The largest absolute Gasteiger partial charge is 0.300 e. The lowest BCUT2D eigenvalue weighted by molar-refractivity contribution is 0.413. The fraction of sp³-hybridized carbons (Fsp3) is 0.500. The van der Waals surface area contributed by atoms with Gasteiger partial charge in [-0.15, -0.1) is 6.42 Å². The molecule has 0 bridgehead atoms. The van der Waals surface area contributed by atoms with Gasteiger partial charge >= 0.3 is 0 Å². The Kier molecular flexibility index (Phi) is 9.50. The Bertz CT molecular complexity index is 443. The third-order valence-electron chi connectivity index (χ3n) is 3.95. The van der Waals surface area contributed by atoms with Crippen LogP contribution in [-0.2, 0) is 0 Å². The summed E-state index contributed by atoms with van der Waals surface area (Å²) in [5, 5.41) is 3.48. The molecule has 0 amide bonds. The van der Waals surface area contributed by atoms with Crippen LogP contribution in [0.3, 0.4) is 0 Å². The number of rotatable bonds is 9. The van der Waals surface area contributed by atoms with Crippen LogP contribution in [0.4, 0.5) is 0 Å². The van der Waals surface area contributed by atoms with Crippen molar-refractivity contribution in [1.29, 1.82) is 0 Å². The van der Waals surface area contributed by atoms with E-state index in [1.807, 2.05) is 6.08 Å². The number of terminal acetylenes is 1. The number of nitrogens with one attached hydrogen (secondary N) is 1. The van der Waals surface area contributed by atoms with Crippen molar-refractivity contribution in [2.45, 2.75) is 47.1 Å². The van der Waals surface area contributed by atoms with Gasteiger partial charge in [-0.2, -0.15) is 0 Å². The number of hydrogen-bond donors (Lipinski definition) is 1. The second kappa shape index (κ2) is 10.2. The average molecular weight is 285 g/mol. The lowest BCUT2D eigenvalue weighted by Crippen LogP contribution is -2.36. The lowest BCUT2D eigenvalue weighted by Gasteiger charge is -2.27. The van der Waals surface area contributed by atoms with Crippen LogP contribution in [0.5, 0.6) is 0 Å². The smallest absolute Gasteiger partial charge is 0.0900 e. The normalized spacial score (nSPS) is 15.5. The molecule has 0 aromatic heterocycles. The molecule has 0 aliphatic heterocycles. The maximum atomic E-state index is 5.62. The molecule has 1 nitrogen and oxygen atoms in total. The van der Waals surface area contributed by atoms with Crippen LogP contribution >= 0.6 is 0 Å². The van der Waals surface area contributed by atoms with Crippen molar-refractivity contribution in [1.82, 2.24) is 5.32 Å². The van der Waals surface area contributed by atoms with E-state index in [2.05, 4.69) is 71.2 Å². The van der Waals surface area contributed by atoms with E-state index in [0.29, 0.717) is 11.8 Å². The van der Waals surface area contributed by atoms with Gasteiger partial charge in [0.1, 0.15) is 0 Å². The van der Waals surface area contributed by atoms with E-state index in [1.165, 1.54) is 11.1 Å². The molecule has 1 N–H and O–H groups in total. The summed E-state index contributed by atoms with van der Waals surface area (Å²) in [5.74, 6) is 3.72. The molecule has 0 aromatic carbocycles. The Morgan fingerprint density at radius 1 is 1.29 bits per heavy atom. The number of allylic oxidation sites excluding steroid dienone is 4. The zero-order valence-electron chi connectivity index (χ0n) is 14.4. The quantitative estimate of drug-likeness (QED) is 0.361. The van der Waals surface area contributed by atoms with Crippen molar-refractivity contribution in [3.8, 4) is 12.3 Å². The molecule has 0 spiro atoms. The molecule has 0 aliphatic carbocycles. The highest BCUT2D eigenvalue weighted by Crippen LogP contribution is 2.27. The highest BCUT2D eigenvalue weighted by atomic mass is 14.9. The van der Waals surface area contributed by atoms with Crippen molar-refractivity contribution in [3.05, 3.63) is 48.1 Å². The van der Waals surface area contributed by atoms with Gasteiger partial charge in [0.05, 0.1) is 6.04 Å². The van der Waals surface area contributed by atoms with Gasteiger partial charge in [0.15, 0.2) is 0 Å². The first-order valence-electron chi connectivity index (χ1n) is 7.79. The van der Waals surface area contributed by atoms with Gasteiger partial charge in [0, 0.05) is 6.54 Å². The van der Waals surface area contributed by atoms with Crippen molar-refractivity contribution < 1.29 is 0 Å². The predicted molar refractivity (Wildman–Crippen MR) is 96.1 cm³/mol.